The van der Waals surface area contributed by atoms with Crippen LogP contribution in [0.3, 0.4) is 0 Å². The van der Waals surface area contributed by atoms with Crippen molar-refractivity contribution in [2.24, 2.45) is 0 Å². The third kappa shape index (κ3) is 5.25. The van der Waals surface area contributed by atoms with Crippen LogP contribution >= 0.6 is 0 Å². The first-order chi connectivity index (χ1) is 13.0. The van der Waals surface area contributed by atoms with Crippen LogP contribution in [0.4, 0.5) is 0 Å². The Balaban J connectivity index is 2.46. The summed E-state index contributed by atoms with van der Waals surface area (Å²) < 4.78 is 22.1. The van der Waals surface area contributed by atoms with E-state index in [9.17, 15) is 4.79 Å². The summed E-state index contributed by atoms with van der Waals surface area (Å²) in [7, 11) is 3.03. The summed E-state index contributed by atoms with van der Waals surface area (Å²) in [5.74, 6) is 2.06. The third-order valence-electron chi connectivity index (χ3n) is 4.26. The molecule has 148 valence electrons. The zero-order valence-electron chi connectivity index (χ0n) is 16.9. The molecule has 0 bridgehead atoms. The Morgan fingerprint density at radius 2 is 1.63 bits per heavy atom. The van der Waals surface area contributed by atoms with Gasteiger partial charge in [-0.2, -0.15) is 0 Å². The highest BCUT2D eigenvalue weighted by Gasteiger charge is 2.20. The predicted molar refractivity (Wildman–Crippen MR) is 104 cm³/mol. The van der Waals surface area contributed by atoms with Crippen LogP contribution in [-0.2, 0) is 17.6 Å². The van der Waals surface area contributed by atoms with E-state index >= 15 is 0 Å². The number of aryl methyl sites for hydroxylation is 2. The fourth-order valence-electron chi connectivity index (χ4n) is 2.83. The van der Waals surface area contributed by atoms with Crippen molar-refractivity contribution in [2.75, 3.05) is 14.2 Å². The number of benzene rings is 1. The van der Waals surface area contributed by atoms with E-state index in [0.717, 1.165) is 55.5 Å². The number of ether oxygens (including phenoxy) is 3. The van der Waals surface area contributed by atoms with Crippen molar-refractivity contribution in [3.63, 3.8) is 0 Å². The molecule has 0 unspecified atom stereocenters. The van der Waals surface area contributed by atoms with Crippen molar-refractivity contribution in [1.29, 1.82) is 0 Å². The molecule has 0 aliphatic rings. The summed E-state index contributed by atoms with van der Waals surface area (Å²) in [4.78, 5) is 16.1. The molecule has 0 spiro atoms. The number of nitrogens with zero attached hydrogens (tertiary/aromatic N) is 1. The van der Waals surface area contributed by atoms with Crippen molar-refractivity contribution in [3.8, 4) is 28.7 Å². The second-order valence-corrected chi connectivity index (χ2v) is 6.40. The maximum Gasteiger partial charge on any atom is 0.308 e. The zero-order valence-corrected chi connectivity index (χ0v) is 16.9. The number of hydrogen-bond donors (Lipinski definition) is 0. The van der Waals surface area contributed by atoms with Crippen LogP contribution in [0, 0.1) is 0 Å². The molecule has 2 rings (SSSR count). The van der Waals surface area contributed by atoms with Crippen molar-refractivity contribution < 1.29 is 23.4 Å². The van der Waals surface area contributed by atoms with Crippen LogP contribution in [0.25, 0.3) is 11.5 Å². The van der Waals surface area contributed by atoms with E-state index in [1.54, 1.807) is 12.1 Å². The van der Waals surface area contributed by atoms with Crippen LogP contribution in [0.2, 0.25) is 0 Å². The summed E-state index contributed by atoms with van der Waals surface area (Å²) in [6, 6.07) is 3.50. The molecule has 0 amide bonds. The minimum absolute atomic E-state index is 0.250. The lowest BCUT2D eigenvalue weighted by atomic mass is 10.1. The van der Waals surface area contributed by atoms with Crippen molar-refractivity contribution in [1.82, 2.24) is 4.98 Å². The number of hydrogen-bond acceptors (Lipinski definition) is 6. The van der Waals surface area contributed by atoms with E-state index in [-0.39, 0.29) is 5.75 Å². The van der Waals surface area contributed by atoms with Gasteiger partial charge in [-0.15, -0.1) is 0 Å². The Hall–Kier alpha value is -2.50. The van der Waals surface area contributed by atoms with Crippen molar-refractivity contribution >= 4 is 5.97 Å². The molecule has 2 aromatic rings. The van der Waals surface area contributed by atoms with Gasteiger partial charge in [0, 0.05) is 18.9 Å². The highest BCUT2D eigenvalue weighted by Crippen LogP contribution is 2.41. The Morgan fingerprint density at radius 3 is 2.15 bits per heavy atom. The van der Waals surface area contributed by atoms with Gasteiger partial charge in [0.15, 0.2) is 11.5 Å². The van der Waals surface area contributed by atoms with Crippen LogP contribution in [-0.4, -0.2) is 25.2 Å². The lowest BCUT2D eigenvalue weighted by molar-refractivity contribution is -0.132. The first kappa shape index (κ1) is 20.8. The predicted octanol–water partition coefficient (Wildman–Crippen LogP) is 4.97. The number of aromatic nitrogens is 1. The zero-order chi connectivity index (χ0) is 19.8. The number of esters is 1. The van der Waals surface area contributed by atoms with Gasteiger partial charge in [0.2, 0.25) is 11.6 Å². The average Bonchev–Trinajstić information content (AvgIpc) is 3.07. The van der Waals surface area contributed by atoms with Gasteiger partial charge in [-0.1, -0.05) is 26.7 Å². The lowest BCUT2D eigenvalue weighted by Crippen LogP contribution is -2.05. The summed E-state index contributed by atoms with van der Waals surface area (Å²) in [5.41, 5.74) is 1.74. The number of methoxy groups -OCH3 is 2. The number of rotatable bonds is 10. The molecule has 27 heavy (non-hydrogen) atoms. The molecule has 1 aromatic heterocycles. The molecular weight excluding hydrogens is 346 g/mol. The average molecular weight is 375 g/mol. The molecule has 0 radical (unpaired) electrons. The molecule has 6 nitrogen and oxygen atoms in total. The number of unbranched alkanes of at least 4 members (excludes halogenated alkanes) is 2. The van der Waals surface area contributed by atoms with Crippen molar-refractivity contribution in [3.05, 3.63) is 23.6 Å². The highest BCUT2D eigenvalue weighted by atomic mass is 16.6. The van der Waals surface area contributed by atoms with E-state index in [0.29, 0.717) is 17.4 Å². The van der Waals surface area contributed by atoms with Crippen molar-refractivity contribution in [2.45, 2.75) is 59.3 Å². The van der Waals surface area contributed by atoms with Crippen LogP contribution in [0.15, 0.2) is 16.5 Å². The standard InChI is InChI=1S/C21H29NO5/c1-6-8-10-16-17(11-9-7-2)27-21(22-16)15-12-18(24-4)20(26-14(3)23)19(13-15)25-5/h12-13H,6-11H2,1-5H3. The first-order valence-corrected chi connectivity index (χ1v) is 9.47. The second kappa shape index (κ2) is 10.00. The van der Waals surface area contributed by atoms with Crippen LogP contribution in [0.5, 0.6) is 17.2 Å². The van der Waals surface area contributed by atoms with Gasteiger partial charge >= 0.3 is 5.97 Å². The van der Waals surface area contributed by atoms with E-state index in [4.69, 9.17) is 23.6 Å². The largest absolute Gasteiger partial charge is 0.493 e. The van der Waals surface area contributed by atoms with Gasteiger partial charge in [0.05, 0.1) is 19.9 Å². The van der Waals surface area contributed by atoms with Crippen LogP contribution in [0.1, 0.15) is 57.9 Å². The first-order valence-electron chi connectivity index (χ1n) is 9.47. The van der Waals surface area contributed by atoms with Gasteiger partial charge < -0.3 is 18.6 Å². The maximum absolute atomic E-state index is 11.4. The lowest BCUT2D eigenvalue weighted by Gasteiger charge is -2.13. The second-order valence-electron chi connectivity index (χ2n) is 6.40. The van der Waals surface area contributed by atoms with E-state index in [1.807, 2.05) is 0 Å². The minimum Gasteiger partial charge on any atom is -0.493 e. The monoisotopic (exact) mass is 375 g/mol. The molecule has 1 heterocycles. The van der Waals surface area contributed by atoms with Gasteiger partial charge in [-0.05, 0) is 31.4 Å². The molecule has 1 aromatic carbocycles. The molecule has 0 aliphatic carbocycles. The van der Waals surface area contributed by atoms with Gasteiger partial charge in [-0.25, -0.2) is 4.98 Å². The minimum atomic E-state index is -0.445. The Kier molecular flexibility index (Phi) is 7.70. The van der Waals surface area contributed by atoms with E-state index < -0.39 is 5.97 Å². The summed E-state index contributed by atoms with van der Waals surface area (Å²) in [6.07, 6.45) is 6.12. The van der Waals surface area contributed by atoms with E-state index in [2.05, 4.69) is 13.8 Å². The smallest absolute Gasteiger partial charge is 0.308 e. The number of carbonyl (C=O) groups excluding carboxylic acids is 1. The molecule has 0 aliphatic heterocycles. The Labute approximate surface area is 160 Å². The molecule has 0 saturated heterocycles. The van der Waals surface area contributed by atoms with Gasteiger partial charge in [0.1, 0.15) is 5.76 Å². The Bertz CT molecular complexity index is 715. The molecule has 0 saturated carbocycles. The third-order valence-corrected chi connectivity index (χ3v) is 4.26. The summed E-state index contributed by atoms with van der Waals surface area (Å²) in [5, 5.41) is 0. The molecular formula is C21H29NO5. The summed E-state index contributed by atoms with van der Waals surface area (Å²) >= 11 is 0. The molecule has 0 fully saturated rings. The fourth-order valence-corrected chi connectivity index (χ4v) is 2.83. The summed E-state index contributed by atoms with van der Waals surface area (Å²) in [6.45, 7) is 5.66. The normalized spacial score (nSPS) is 10.7. The molecule has 6 heteroatoms. The number of oxazole rings is 1. The topological polar surface area (TPSA) is 70.8 Å². The van der Waals surface area contributed by atoms with E-state index in [1.165, 1.54) is 21.1 Å². The quantitative estimate of drug-likeness (QED) is 0.431. The van der Waals surface area contributed by atoms with Crippen LogP contribution < -0.4 is 14.2 Å². The Morgan fingerprint density at radius 1 is 1.04 bits per heavy atom. The maximum atomic E-state index is 11.4. The fraction of sp³-hybridized carbons (Fsp3) is 0.524. The highest BCUT2D eigenvalue weighted by molar-refractivity contribution is 5.74. The van der Waals surface area contributed by atoms with Gasteiger partial charge in [0.25, 0.3) is 0 Å². The molecule has 0 N–H and O–H groups in total. The van der Waals surface area contributed by atoms with Gasteiger partial charge in [-0.3, -0.25) is 4.79 Å². The number of carbonyl (C=O) groups is 1. The SMILES string of the molecule is CCCCc1nc(-c2cc(OC)c(OC(C)=O)c(OC)c2)oc1CCCC. The molecule has 0 atom stereocenters.